The fourth-order valence-corrected chi connectivity index (χ4v) is 14.4. The highest BCUT2D eigenvalue weighted by Gasteiger charge is 2.40. The van der Waals surface area contributed by atoms with E-state index in [1.165, 1.54) is 247 Å². The van der Waals surface area contributed by atoms with Gasteiger partial charge in [0.1, 0.15) is 0 Å². The van der Waals surface area contributed by atoms with Crippen LogP contribution in [-0.4, -0.2) is 277 Å². The zero-order valence-electron chi connectivity index (χ0n) is 48.1. The van der Waals surface area contributed by atoms with Crippen LogP contribution in [0.1, 0.15) is 36.8 Å². The van der Waals surface area contributed by atoms with Gasteiger partial charge in [-0.15, -0.1) is 4.99 Å². The number of nitrogens with one attached hydrogen (secondary N) is 2. The van der Waals surface area contributed by atoms with Gasteiger partial charge >= 0.3 is 0 Å². The molecule has 0 unspecified atom stereocenters. The molecule has 10 N–H and O–H groups in total. The first kappa shape index (κ1) is 76.1. The van der Waals surface area contributed by atoms with Crippen molar-refractivity contribution < 1.29 is 85.4 Å². The van der Waals surface area contributed by atoms with Crippen LogP contribution in [-0.2, 0) is 12.8 Å². The second-order valence-corrected chi connectivity index (χ2v) is 25.3. The summed E-state index contributed by atoms with van der Waals surface area (Å²) in [5.41, 5.74) is 23.1. The second kappa shape index (κ2) is 43.6. The molecule has 14 rings (SSSR count). The number of benzene rings is 2. The molecule has 2 aromatic rings. The lowest BCUT2D eigenvalue weighted by Gasteiger charge is -2.50. The standard InChI is InChI=1S/C19H32N7.C17H28N3.C9H18IN2.C6H12N2.C3H6I2.C2H4N4.H2I.2HI/c20-18(21)23-19(22)25(9-7-17-5-2-1-3-6-17)8-4-13-26-14-10-24(11-15-26)12-16-26;1-2-5-17(6-3-1)7-9-18-8-4-13-20-14-10-19(11-15-20)12-16-20;10-2-1-6-12-7-3-11(4-8-12)5-9-12;1-2-8-5-3-7(1)4-6-8;4-2-1-3-5;3-1-6-2(4)5;;;/h1-3,5-6H,4,7-16H2,(H5,20,21,22,23);1-3,5-6,18H,4,7-16H2;1-9H2;1-6H2;1-3H2;(H4,4,5,6);1H2;2*1H/q3*+1;;;;+1;;/p-2. The van der Waals surface area contributed by atoms with Crippen LogP contribution in [0.3, 0.4) is 0 Å². The molecule has 12 saturated heterocycles. The predicted molar refractivity (Wildman–Crippen MR) is 349 cm³/mol. The van der Waals surface area contributed by atoms with E-state index in [1.54, 1.807) is 0 Å². The molecule has 12 aliphatic heterocycles. The minimum absolute atomic E-state index is 0. The van der Waals surface area contributed by atoms with Gasteiger partial charge in [0.25, 0.3) is 0 Å². The summed E-state index contributed by atoms with van der Waals surface area (Å²) in [6.07, 6.45) is 8.62. The highest BCUT2D eigenvalue weighted by Crippen LogP contribution is 2.22. The Morgan fingerprint density at radius 1 is 0.512 bits per heavy atom. The largest absolute Gasteiger partial charge is 1.00 e. The Hall–Kier alpha value is -0.0400. The van der Waals surface area contributed by atoms with Crippen LogP contribution in [0.5, 0.6) is 0 Å². The van der Waals surface area contributed by atoms with Gasteiger partial charge in [-0.25, -0.2) is 0 Å². The maximum absolute atomic E-state index is 8.23. The number of nitriles is 1. The highest BCUT2D eigenvalue weighted by molar-refractivity contribution is 14.1. The molecule has 80 heavy (non-hydrogen) atoms. The molecule has 456 valence electrons. The van der Waals surface area contributed by atoms with Crippen LogP contribution in [0.25, 0.3) is 0 Å². The van der Waals surface area contributed by atoms with Gasteiger partial charge < -0.3 is 94.6 Å². The summed E-state index contributed by atoms with van der Waals surface area (Å²) in [6.45, 7) is 39.9. The molecule has 12 aliphatic rings. The molecule has 2 aromatic carbocycles. The summed E-state index contributed by atoms with van der Waals surface area (Å²) in [5, 5.41) is 19.5. The van der Waals surface area contributed by atoms with Gasteiger partial charge in [-0.2, -0.15) is 10.3 Å². The van der Waals surface area contributed by atoms with Crippen LogP contribution in [0, 0.1) is 16.9 Å². The normalized spacial score (nSPS) is 26.6. The summed E-state index contributed by atoms with van der Waals surface area (Å²) < 4.78 is 8.04. The van der Waals surface area contributed by atoms with Crippen LogP contribution in [0.4, 0.5) is 0 Å². The molecule has 0 amide bonds. The van der Waals surface area contributed by atoms with E-state index >= 15 is 0 Å². The highest BCUT2D eigenvalue weighted by atomic mass is 127. The molecule has 12 heterocycles. The first-order valence-corrected chi connectivity index (χ1v) is 33.5. The average Bonchev–Trinajstić information content (AvgIpc) is 3.54. The SMILES string of the molecule is C1CN2CCN1CC2.ICCCI.ICCC[N+]12CCN(CC1)CC2.N#CN=C(N)N.N=C(N=C(N)N)N(CCC[N+]12CCN(CC1)CC2)CCc1ccccc1.[I-].[I-].[IH2+].c1ccc(CCNCCC[N+]23CCN(CC2)CC3)cc1. The van der Waals surface area contributed by atoms with Gasteiger partial charge in [-0.05, 0) is 36.9 Å². The molecule has 0 spiro atoms. The second-order valence-electron chi connectivity index (χ2n) is 22.1. The maximum Gasteiger partial charge on any atom is 0.235 e. The van der Waals surface area contributed by atoms with E-state index in [9.17, 15) is 0 Å². The monoisotopic (exact) mass is 1790 g/mol. The van der Waals surface area contributed by atoms with Crippen LogP contribution in [0.15, 0.2) is 70.6 Å². The van der Waals surface area contributed by atoms with Gasteiger partial charge in [0.05, 0.1) is 78.5 Å². The van der Waals surface area contributed by atoms with E-state index in [0.29, 0.717) is 0 Å². The lowest BCUT2D eigenvalue weighted by molar-refractivity contribution is -0.941. The Labute approximate surface area is 575 Å². The lowest BCUT2D eigenvalue weighted by atomic mass is 10.1. The minimum atomic E-state index is -0.197. The Bertz CT molecular complexity index is 1930. The lowest BCUT2D eigenvalue weighted by Crippen LogP contribution is -3.00. The van der Waals surface area contributed by atoms with Crippen LogP contribution >= 0.6 is 67.8 Å². The van der Waals surface area contributed by atoms with E-state index in [4.69, 9.17) is 33.6 Å². The molecule has 12 fully saturated rings. The number of halogens is 6. The summed E-state index contributed by atoms with van der Waals surface area (Å²) in [7, 11) is 0. The quantitative estimate of drug-likeness (QED) is 0.0148. The Balaban J connectivity index is 0.000000357. The first-order chi connectivity index (χ1) is 37.4. The number of piperazine rings is 12. The van der Waals surface area contributed by atoms with Crippen LogP contribution in [0.2, 0.25) is 0 Å². The van der Waals surface area contributed by atoms with Gasteiger partial charge in [-0.3, -0.25) is 29.9 Å². The zero-order valence-corrected chi connectivity index (χ0v) is 61.4. The predicted octanol–water partition coefficient (Wildman–Crippen LogP) is -6.33. The third kappa shape index (κ3) is 29.6. The average molecular weight is 1790 g/mol. The van der Waals surface area contributed by atoms with Gasteiger partial charge in [0, 0.05) is 150 Å². The number of aliphatic imine (C=N–C) groups is 2. The summed E-state index contributed by atoms with van der Waals surface area (Å²) in [4.78, 5) is 21.8. The Kier molecular flexibility index (Phi) is 41.4. The fraction of sp³-hybridized carbons (Fsp3) is 0.714. The molecule has 0 saturated carbocycles. The van der Waals surface area contributed by atoms with E-state index in [-0.39, 0.29) is 89.8 Å². The number of nitrogens with two attached hydrogens (primary N) is 4. The number of guanidine groups is 3. The molecule has 18 nitrogen and oxygen atoms in total. The summed E-state index contributed by atoms with van der Waals surface area (Å²) >= 11 is 7.26. The fourth-order valence-electron chi connectivity index (χ4n) is 11.8. The van der Waals surface area contributed by atoms with Crippen molar-refractivity contribution in [3.05, 3.63) is 71.8 Å². The number of fused-ring (bicyclic) bond motifs is 12. The Morgan fingerprint density at radius 3 is 1.20 bits per heavy atom. The summed E-state index contributed by atoms with van der Waals surface area (Å²) in [5.74, 6) is -0.0735. The van der Waals surface area contributed by atoms with Crippen molar-refractivity contribution in [2.24, 2.45) is 32.9 Å². The van der Waals surface area contributed by atoms with Crippen molar-refractivity contribution in [2.75, 3.05) is 216 Å². The van der Waals surface area contributed by atoms with Gasteiger partial charge in [-0.1, -0.05) is 128 Å². The van der Waals surface area contributed by atoms with Gasteiger partial charge in [0.15, 0.2) is 5.96 Å². The van der Waals surface area contributed by atoms with Gasteiger partial charge in [0.2, 0.25) is 42.1 Å². The number of quaternary nitrogens is 3. The van der Waals surface area contributed by atoms with Crippen LogP contribution < -0.4 is 100 Å². The molecule has 0 aliphatic carbocycles. The molecule has 0 radical (unpaired) electrons. The summed E-state index contributed by atoms with van der Waals surface area (Å²) in [6, 6.07) is 21.1. The minimum Gasteiger partial charge on any atom is -1.00 e. The van der Waals surface area contributed by atoms with E-state index < -0.39 is 0 Å². The first-order valence-electron chi connectivity index (χ1n) is 29.0. The number of rotatable bonds is 19. The van der Waals surface area contributed by atoms with Crippen molar-refractivity contribution in [3.63, 3.8) is 0 Å². The van der Waals surface area contributed by atoms with E-state index in [1.807, 2.05) is 23.1 Å². The molecule has 0 aromatic heterocycles. The molecule has 8 bridgehead atoms. The number of alkyl halides is 3. The Morgan fingerprint density at radius 2 is 0.875 bits per heavy atom. The van der Waals surface area contributed by atoms with Crippen molar-refractivity contribution in [1.82, 2.24) is 34.7 Å². The molecule has 0 atom stereocenters. The van der Waals surface area contributed by atoms with Crippen molar-refractivity contribution in [1.29, 1.82) is 10.7 Å². The van der Waals surface area contributed by atoms with E-state index in [0.717, 1.165) is 38.9 Å². The molecular formula is C56H102I6N18+2. The van der Waals surface area contributed by atoms with Crippen molar-refractivity contribution >= 4 is 85.7 Å². The number of hydrogen-bond donors (Lipinski definition) is 6. The van der Waals surface area contributed by atoms with E-state index in [2.05, 4.69) is 150 Å². The smallest absolute Gasteiger partial charge is 0.235 e. The number of hydrogen-bond acceptors (Lipinski definition) is 9. The number of nitrogens with zero attached hydrogens (tertiary/aromatic N) is 12. The third-order valence-corrected chi connectivity index (χ3v) is 19.2. The zero-order chi connectivity index (χ0) is 55.0. The van der Waals surface area contributed by atoms with Crippen molar-refractivity contribution in [3.8, 4) is 6.19 Å². The third-order valence-electron chi connectivity index (χ3n) is 17.0. The maximum atomic E-state index is 8.23. The van der Waals surface area contributed by atoms with Crippen molar-refractivity contribution in [2.45, 2.75) is 38.5 Å². The molecule has 24 heteroatoms. The topological polar surface area (TPSA) is 208 Å². The molecular weight excluding hydrogens is 1690 g/mol.